The number of carbonyl (C=O) groups excluding carboxylic acids is 1. The lowest BCUT2D eigenvalue weighted by Gasteiger charge is -2.29. The number of terminal acetylenes is 1. The number of aromatic nitrogens is 2. The van der Waals surface area contributed by atoms with Crippen LogP contribution in [0.1, 0.15) is 50.8 Å². The van der Waals surface area contributed by atoms with Gasteiger partial charge in [-0.15, -0.1) is 6.42 Å². The lowest BCUT2D eigenvalue weighted by Crippen LogP contribution is -2.38. The molecule has 1 atom stereocenters. The number of hydrogen-bond acceptors (Lipinski definition) is 4. The highest BCUT2D eigenvalue weighted by molar-refractivity contribution is 6.33. The van der Waals surface area contributed by atoms with Crippen LogP contribution in [0.15, 0.2) is 36.5 Å². The Morgan fingerprint density at radius 2 is 2.20 bits per heavy atom. The normalized spacial score (nSPS) is 14.4. The molecule has 1 aromatic carbocycles. The molecule has 0 radical (unpaired) electrons. The Morgan fingerprint density at radius 3 is 2.86 bits per heavy atom. The number of halogens is 1. The first-order valence-electron chi connectivity index (χ1n) is 12.1. The molecule has 0 aliphatic carbocycles. The van der Waals surface area contributed by atoms with Gasteiger partial charge in [-0.3, -0.25) is 4.79 Å². The number of nitrogens with zero attached hydrogens (tertiary/aromatic N) is 2. The lowest BCUT2D eigenvalue weighted by atomic mass is 9.97. The highest BCUT2D eigenvalue weighted by Gasteiger charge is 2.24. The quantitative estimate of drug-likeness (QED) is 0.359. The molecule has 1 aliphatic rings. The smallest absolute Gasteiger partial charge is 0.225 e. The molecule has 2 aromatic heterocycles. The minimum atomic E-state index is 0.127. The second-order valence-electron chi connectivity index (χ2n) is 8.77. The van der Waals surface area contributed by atoms with Crippen molar-refractivity contribution in [3.05, 3.63) is 52.8 Å². The van der Waals surface area contributed by atoms with Gasteiger partial charge in [0.05, 0.1) is 17.8 Å². The van der Waals surface area contributed by atoms with Crippen LogP contribution < -0.4 is 10.1 Å². The Morgan fingerprint density at radius 1 is 1.37 bits per heavy atom. The number of carbonyl (C=O) groups is 1. The Bertz CT molecular complexity index is 1300. The number of methoxy groups -OCH3 is 1. The standard InChI is InChI=1S/C28H31ClN4O2/c1-5-8-18(6-2)28(34)33-13-10-20(11-14-33)24-17-22-23(9-12-30-27(22)32-24)31-21-15-19(7-3)26(29)25(16-21)35-4/h3,9-10,12,15-18H,5-6,8,11,13-14H2,1-2,4H3,(H2,30,31,32). The fourth-order valence-electron chi connectivity index (χ4n) is 4.61. The van der Waals surface area contributed by atoms with E-state index in [4.69, 9.17) is 22.8 Å². The summed E-state index contributed by atoms with van der Waals surface area (Å²) in [5, 5.41) is 4.81. The largest absolute Gasteiger partial charge is 0.495 e. The molecule has 0 spiro atoms. The lowest BCUT2D eigenvalue weighted by molar-refractivity contribution is -0.135. The molecule has 0 saturated carbocycles. The predicted octanol–water partition coefficient (Wildman–Crippen LogP) is 6.39. The number of benzene rings is 1. The van der Waals surface area contributed by atoms with E-state index in [1.54, 1.807) is 13.3 Å². The second kappa shape index (κ2) is 10.9. The molecule has 6 nitrogen and oxygen atoms in total. The highest BCUT2D eigenvalue weighted by atomic mass is 35.5. The Kier molecular flexibility index (Phi) is 7.67. The summed E-state index contributed by atoms with van der Waals surface area (Å²) >= 11 is 6.30. The van der Waals surface area contributed by atoms with Gasteiger partial charge in [-0.05, 0) is 43.0 Å². The first-order valence-corrected chi connectivity index (χ1v) is 12.4. The van der Waals surface area contributed by atoms with Crippen LogP contribution in [0.5, 0.6) is 5.75 Å². The Hall–Kier alpha value is -3.43. The summed E-state index contributed by atoms with van der Waals surface area (Å²) < 4.78 is 5.38. The van der Waals surface area contributed by atoms with E-state index in [-0.39, 0.29) is 11.8 Å². The second-order valence-corrected chi connectivity index (χ2v) is 9.15. The van der Waals surface area contributed by atoms with Gasteiger partial charge < -0.3 is 19.9 Å². The third-order valence-corrected chi connectivity index (χ3v) is 6.96. The van der Waals surface area contributed by atoms with Crippen molar-refractivity contribution >= 4 is 45.5 Å². The molecule has 3 aromatic rings. The first kappa shape index (κ1) is 24.7. The molecule has 0 saturated heterocycles. The number of anilines is 2. The van der Waals surface area contributed by atoms with Gasteiger partial charge in [-0.2, -0.15) is 0 Å². The minimum Gasteiger partial charge on any atom is -0.495 e. The van der Waals surface area contributed by atoms with E-state index in [0.717, 1.165) is 60.3 Å². The molecular weight excluding hydrogens is 460 g/mol. The zero-order chi connectivity index (χ0) is 24.9. The summed E-state index contributed by atoms with van der Waals surface area (Å²) in [5.41, 5.74) is 5.24. The zero-order valence-electron chi connectivity index (χ0n) is 20.5. The maximum Gasteiger partial charge on any atom is 0.225 e. The van der Waals surface area contributed by atoms with E-state index in [9.17, 15) is 4.79 Å². The maximum absolute atomic E-state index is 12.9. The number of rotatable bonds is 8. The number of fused-ring (bicyclic) bond motifs is 1. The van der Waals surface area contributed by atoms with Crippen LogP contribution >= 0.6 is 11.6 Å². The van der Waals surface area contributed by atoms with Gasteiger partial charge in [0.15, 0.2) is 0 Å². The van der Waals surface area contributed by atoms with E-state index < -0.39 is 0 Å². The average molecular weight is 491 g/mol. The van der Waals surface area contributed by atoms with Crippen molar-refractivity contribution in [2.75, 3.05) is 25.5 Å². The van der Waals surface area contributed by atoms with E-state index >= 15 is 0 Å². The summed E-state index contributed by atoms with van der Waals surface area (Å²) in [6.45, 7) is 5.61. The van der Waals surface area contributed by atoms with Crippen LogP contribution in [0.4, 0.5) is 11.4 Å². The first-order chi connectivity index (χ1) is 17.0. The van der Waals surface area contributed by atoms with Crippen molar-refractivity contribution in [3.63, 3.8) is 0 Å². The Balaban J connectivity index is 1.57. The average Bonchev–Trinajstić information content (AvgIpc) is 3.33. The summed E-state index contributed by atoms with van der Waals surface area (Å²) in [6.07, 6.45) is 13.2. The van der Waals surface area contributed by atoms with Gasteiger partial charge in [-0.1, -0.05) is 43.9 Å². The van der Waals surface area contributed by atoms with Gasteiger partial charge in [0.1, 0.15) is 11.4 Å². The molecule has 7 heteroatoms. The number of aromatic amines is 1. The molecule has 4 rings (SSSR count). The van der Waals surface area contributed by atoms with Crippen molar-refractivity contribution in [1.82, 2.24) is 14.9 Å². The van der Waals surface area contributed by atoms with E-state index in [1.807, 2.05) is 23.1 Å². The molecule has 0 fully saturated rings. The van der Waals surface area contributed by atoms with E-state index in [2.05, 4.69) is 47.2 Å². The van der Waals surface area contributed by atoms with Gasteiger partial charge in [0, 0.05) is 53.6 Å². The molecule has 3 heterocycles. The van der Waals surface area contributed by atoms with Crippen LogP contribution in [-0.2, 0) is 4.79 Å². The van der Waals surface area contributed by atoms with Gasteiger partial charge in [0.25, 0.3) is 0 Å². The summed E-state index contributed by atoms with van der Waals surface area (Å²) in [6, 6.07) is 7.67. The fourth-order valence-corrected chi connectivity index (χ4v) is 4.85. The number of pyridine rings is 1. The number of H-pyrrole nitrogens is 1. The van der Waals surface area contributed by atoms with Crippen molar-refractivity contribution in [2.45, 2.75) is 39.5 Å². The van der Waals surface area contributed by atoms with Crippen molar-refractivity contribution in [2.24, 2.45) is 5.92 Å². The molecule has 1 aliphatic heterocycles. The number of nitrogens with one attached hydrogen (secondary N) is 2. The van der Waals surface area contributed by atoms with E-state index in [0.29, 0.717) is 22.9 Å². The fraction of sp³-hybridized carbons (Fsp3) is 0.357. The SMILES string of the molecule is C#Cc1cc(Nc2ccnc3[nH]c(C4=CCN(C(=O)C(CC)CCC)CC4)cc23)cc(OC)c1Cl. The third kappa shape index (κ3) is 5.16. The highest BCUT2D eigenvalue weighted by Crippen LogP contribution is 2.35. The minimum absolute atomic E-state index is 0.127. The van der Waals surface area contributed by atoms with Crippen LogP contribution in [0.2, 0.25) is 5.02 Å². The van der Waals surface area contributed by atoms with Crippen molar-refractivity contribution in [1.29, 1.82) is 0 Å². The summed E-state index contributed by atoms with van der Waals surface area (Å²) in [4.78, 5) is 22.8. The predicted molar refractivity (Wildman–Crippen MR) is 143 cm³/mol. The van der Waals surface area contributed by atoms with Crippen LogP contribution in [-0.4, -0.2) is 41.0 Å². The summed E-state index contributed by atoms with van der Waals surface area (Å²) in [7, 11) is 1.56. The van der Waals surface area contributed by atoms with Gasteiger partial charge >= 0.3 is 0 Å². The number of hydrogen-bond donors (Lipinski definition) is 2. The molecular formula is C28H31ClN4O2. The molecule has 0 bridgehead atoms. The monoisotopic (exact) mass is 490 g/mol. The van der Waals surface area contributed by atoms with Gasteiger partial charge in [0.2, 0.25) is 5.91 Å². The van der Waals surface area contributed by atoms with Crippen molar-refractivity contribution < 1.29 is 9.53 Å². The van der Waals surface area contributed by atoms with Crippen LogP contribution in [0.3, 0.4) is 0 Å². The van der Waals surface area contributed by atoms with Gasteiger partial charge in [-0.25, -0.2) is 4.98 Å². The molecule has 2 N–H and O–H groups in total. The molecule has 1 amide bonds. The molecule has 182 valence electrons. The maximum atomic E-state index is 12.9. The Labute approximate surface area is 211 Å². The molecule has 35 heavy (non-hydrogen) atoms. The summed E-state index contributed by atoms with van der Waals surface area (Å²) in [5.74, 6) is 3.52. The van der Waals surface area contributed by atoms with Crippen molar-refractivity contribution in [3.8, 4) is 18.1 Å². The van der Waals surface area contributed by atoms with Crippen LogP contribution in [0.25, 0.3) is 16.6 Å². The number of amides is 1. The van der Waals surface area contributed by atoms with E-state index in [1.165, 1.54) is 5.57 Å². The third-order valence-electron chi connectivity index (χ3n) is 6.57. The zero-order valence-corrected chi connectivity index (χ0v) is 21.2. The van der Waals surface area contributed by atoms with Crippen LogP contribution in [0, 0.1) is 18.3 Å². The molecule has 1 unspecified atom stereocenters. The number of ether oxygens (including phenoxy) is 1. The topological polar surface area (TPSA) is 70.2 Å².